The largest absolute Gasteiger partial charge is 0.322 e. The maximum absolute atomic E-state index is 12.9. The summed E-state index contributed by atoms with van der Waals surface area (Å²) >= 11 is 0. The van der Waals surface area contributed by atoms with E-state index in [1.807, 2.05) is 39.0 Å². The Kier molecular flexibility index (Phi) is 5.67. The molecule has 0 spiro atoms. The molecule has 5 nitrogen and oxygen atoms in total. The minimum Gasteiger partial charge on any atom is -0.322 e. The summed E-state index contributed by atoms with van der Waals surface area (Å²) in [6, 6.07) is 11.9. The van der Waals surface area contributed by atoms with Crippen LogP contribution in [0.15, 0.2) is 47.4 Å². The third kappa shape index (κ3) is 4.06. The molecule has 144 valence electrons. The molecule has 1 fully saturated rings. The summed E-state index contributed by atoms with van der Waals surface area (Å²) in [6.45, 7) is 6.45. The lowest BCUT2D eigenvalue weighted by Gasteiger charge is -2.32. The number of carbonyl (C=O) groups excluding carboxylic acids is 1. The Balaban J connectivity index is 1.78. The second-order valence-electron chi connectivity index (χ2n) is 7.19. The maximum Gasteiger partial charge on any atom is 0.255 e. The van der Waals surface area contributed by atoms with Crippen LogP contribution in [0.5, 0.6) is 0 Å². The lowest BCUT2D eigenvalue weighted by molar-refractivity contribution is 0.102. The molecular weight excluding hydrogens is 360 g/mol. The van der Waals surface area contributed by atoms with Crippen LogP contribution in [0, 0.1) is 13.8 Å². The van der Waals surface area contributed by atoms with Crippen molar-refractivity contribution in [3.63, 3.8) is 0 Å². The van der Waals surface area contributed by atoms with Crippen LogP contribution in [0.25, 0.3) is 0 Å². The molecule has 1 heterocycles. The van der Waals surface area contributed by atoms with Gasteiger partial charge in [-0.1, -0.05) is 18.6 Å². The molecule has 2 aromatic carbocycles. The number of aryl methyl sites for hydroxylation is 1. The molecule has 1 aliphatic heterocycles. The fourth-order valence-corrected chi connectivity index (χ4v) is 5.12. The van der Waals surface area contributed by atoms with Crippen molar-refractivity contribution in [2.24, 2.45) is 0 Å². The van der Waals surface area contributed by atoms with Gasteiger partial charge < -0.3 is 5.32 Å². The van der Waals surface area contributed by atoms with Crippen LogP contribution >= 0.6 is 0 Å². The van der Waals surface area contributed by atoms with Crippen LogP contribution in [0.3, 0.4) is 0 Å². The number of hydrogen-bond acceptors (Lipinski definition) is 3. The van der Waals surface area contributed by atoms with Crippen molar-refractivity contribution in [3.8, 4) is 0 Å². The average molecular weight is 387 g/mol. The van der Waals surface area contributed by atoms with Crippen LogP contribution in [0.4, 0.5) is 5.69 Å². The van der Waals surface area contributed by atoms with Gasteiger partial charge in [0.2, 0.25) is 10.0 Å². The third-order valence-corrected chi connectivity index (χ3v) is 7.35. The highest BCUT2D eigenvalue weighted by Gasteiger charge is 2.30. The highest BCUT2D eigenvalue weighted by molar-refractivity contribution is 7.89. The van der Waals surface area contributed by atoms with E-state index in [0.29, 0.717) is 12.1 Å². The van der Waals surface area contributed by atoms with Gasteiger partial charge in [-0.2, -0.15) is 4.31 Å². The number of anilines is 1. The van der Waals surface area contributed by atoms with Gasteiger partial charge in [0.15, 0.2) is 0 Å². The zero-order valence-corrected chi connectivity index (χ0v) is 16.8. The standard InChI is InChI=1S/C21H26N2O3S/c1-15-7-6-9-20(17(15)3)22-21(24)18-10-12-19(13-11-18)27(25,26)23-14-5-4-8-16(23)2/h6-7,9-13,16H,4-5,8,14H2,1-3H3,(H,22,24)/t16-/m0/s1. The molecule has 1 atom stereocenters. The maximum atomic E-state index is 12.9. The first-order valence-corrected chi connectivity index (χ1v) is 10.7. The van der Waals surface area contributed by atoms with E-state index in [1.165, 1.54) is 12.1 Å². The van der Waals surface area contributed by atoms with Gasteiger partial charge in [0, 0.05) is 23.8 Å². The minimum atomic E-state index is -3.52. The SMILES string of the molecule is Cc1cccc(NC(=O)c2ccc(S(=O)(=O)N3CCCC[C@@H]3C)cc2)c1C. The van der Waals surface area contributed by atoms with Gasteiger partial charge in [-0.25, -0.2) is 8.42 Å². The van der Waals surface area contributed by atoms with Gasteiger partial charge in [0.1, 0.15) is 0 Å². The van der Waals surface area contributed by atoms with Crippen molar-refractivity contribution < 1.29 is 13.2 Å². The van der Waals surface area contributed by atoms with Gasteiger partial charge in [-0.3, -0.25) is 4.79 Å². The summed E-state index contributed by atoms with van der Waals surface area (Å²) < 4.78 is 27.3. The molecule has 1 saturated heterocycles. The van der Waals surface area contributed by atoms with Crippen molar-refractivity contribution in [2.45, 2.75) is 51.0 Å². The van der Waals surface area contributed by atoms with Crippen LogP contribution in [0.2, 0.25) is 0 Å². The number of rotatable bonds is 4. The molecule has 0 bridgehead atoms. The Labute approximate surface area is 161 Å². The molecular formula is C21H26N2O3S. The number of sulfonamides is 1. The van der Waals surface area contributed by atoms with E-state index < -0.39 is 10.0 Å². The van der Waals surface area contributed by atoms with Gasteiger partial charge in [0.25, 0.3) is 5.91 Å². The molecule has 6 heteroatoms. The molecule has 0 aliphatic carbocycles. The summed E-state index contributed by atoms with van der Waals surface area (Å²) in [5, 5.41) is 2.90. The Bertz CT molecular complexity index is 936. The number of nitrogens with one attached hydrogen (secondary N) is 1. The summed E-state index contributed by atoms with van der Waals surface area (Å²) in [7, 11) is -3.52. The first kappa shape index (κ1) is 19.6. The number of piperidine rings is 1. The molecule has 3 rings (SSSR count). The fraction of sp³-hybridized carbons (Fsp3) is 0.381. The quantitative estimate of drug-likeness (QED) is 0.859. The average Bonchev–Trinajstić information content (AvgIpc) is 2.65. The Morgan fingerprint density at radius 2 is 1.78 bits per heavy atom. The molecule has 2 aromatic rings. The van der Waals surface area contributed by atoms with Crippen LogP contribution in [0.1, 0.15) is 47.7 Å². The third-order valence-electron chi connectivity index (χ3n) is 5.32. The summed E-state index contributed by atoms with van der Waals surface area (Å²) in [4.78, 5) is 12.8. The van der Waals surface area contributed by atoms with Gasteiger partial charge in [-0.05, 0) is 75.1 Å². The van der Waals surface area contributed by atoms with E-state index in [2.05, 4.69) is 5.32 Å². The Morgan fingerprint density at radius 3 is 2.44 bits per heavy atom. The molecule has 1 aliphatic rings. The highest BCUT2D eigenvalue weighted by Crippen LogP contribution is 2.25. The van der Waals surface area contributed by atoms with Crippen molar-refractivity contribution >= 4 is 21.6 Å². The lowest BCUT2D eigenvalue weighted by Crippen LogP contribution is -2.41. The van der Waals surface area contributed by atoms with Crippen molar-refractivity contribution in [3.05, 3.63) is 59.2 Å². The minimum absolute atomic E-state index is 0.0102. The summed E-state index contributed by atoms with van der Waals surface area (Å²) in [6.07, 6.45) is 2.83. The van der Waals surface area contributed by atoms with Crippen LogP contribution in [-0.4, -0.2) is 31.2 Å². The zero-order chi connectivity index (χ0) is 19.6. The second kappa shape index (κ2) is 7.82. The van der Waals surface area contributed by atoms with Gasteiger partial charge in [0.05, 0.1) is 4.90 Å². The van der Waals surface area contributed by atoms with E-state index in [-0.39, 0.29) is 16.8 Å². The van der Waals surface area contributed by atoms with E-state index in [1.54, 1.807) is 16.4 Å². The van der Waals surface area contributed by atoms with Gasteiger partial charge in [-0.15, -0.1) is 0 Å². The van der Waals surface area contributed by atoms with E-state index in [4.69, 9.17) is 0 Å². The first-order chi connectivity index (χ1) is 12.8. The second-order valence-corrected chi connectivity index (χ2v) is 9.08. The molecule has 0 unspecified atom stereocenters. The predicted molar refractivity (Wildman–Crippen MR) is 108 cm³/mol. The molecule has 1 N–H and O–H groups in total. The number of nitrogens with zero attached hydrogens (tertiary/aromatic N) is 1. The monoisotopic (exact) mass is 386 g/mol. The number of amides is 1. The van der Waals surface area contributed by atoms with Crippen molar-refractivity contribution in [2.75, 3.05) is 11.9 Å². The smallest absolute Gasteiger partial charge is 0.255 e. The molecule has 0 radical (unpaired) electrons. The molecule has 27 heavy (non-hydrogen) atoms. The van der Waals surface area contributed by atoms with Crippen LogP contribution < -0.4 is 5.32 Å². The van der Waals surface area contributed by atoms with Gasteiger partial charge >= 0.3 is 0 Å². The summed E-state index contributed by atoms with van der Waals surface area (Å²) in [5.74, 6) is -0.251. The topological polar surface area (TPSA) is 66.5 Å². The molecule has 0 aromatic heterocycles. The first-order valence-electron chi connectivity index (χ1n) is 9.30. The Morgan fingerprint density at radius 1 is 1.07 bits per heavy atom. The number of benzene rings is 2. The van der Waals surface area contributed by atoms with Crippen LogP contribution in [-0.2, 0) is 10.0 Å². The number of carbonyl (C=O) groups is 1. The Hall–Kier alpha value is -2.18. The van der Waals surface area contributed by atoms with E-state index in [0.717, 1.165) is 36.1 Å². The highest BCUT2D eigenvalue weighted by atomic mass is 32.2. The lowest BCUT2D eigenvalue weighted by atomic mass is 10.1. The van der Waals surface area contributed by atoms with Crippen molar-refractivity contribution in [1.29, 1.82) is 0 Å². The van der Waals surface area contributed by atoms with Crippen molar-refractivity contribution in [1.82, 2.24) is 4.31 Å². The molecule has 0 saturated carbocycles. The summed E-state index contributed by atoms with van der Waals surface area (Å²) in [5.41, 5.74) is 3.31. The van der Waals surface area contributed by atoms with E-state index in [9.17, 15) is 13.2 Å². The zero-order valence-electron chi connectivity index (χ0n) is 16.0. The number of hydrogen-bond donors (Lipinski definition) is 1. The fourth-order valence-electron chi connectivity index (χ4n) is 3.42. The molecule has 1 amide bonds. The van der Waals surface area contributed by atoms with E-state index >= 15 is 0 Å². The predicted octanol–water partition coefficient (Wildman–Crippen LogP) is 4.12. The normalized spacial score (nSPS) is 18.3.